The second kappa shape index (κ2) is 7.80. The number of hydrogen-bond acceptors (Lipinski definition) is 7. The van der Waals surface area contributed by atoms with Crippen LogP contribution in [-0.4, -0.2) is 33.9 Å². The van der Waals surface area contributed by atoms with Crippen molar-refractivity contribution in [3.63, 3.8) is 0 Å². The summed E-state index contributed by atoms with van der Waals surface area (Å²) in [5.41, 5.74) is 1.64. The quantitative estimate of drug-likeness (QED) is 0.551. The SMILES string of the molecule is CCS(=O)(=O)Nc1ccccc1Nc1nc(Nc2cnn(C)c2)ncc1Cl. The zero-order chi connectivity index (χ0) is 19.4. The van der Waals surface area contributed by atoms with Crippen LogP contribution in [0.4, 0.5) is 28.8 Å². The molecular formula is C16H18ClN7O2S. The first-order valence-corrected chi connectivity index (χ1v) is 10.0. The van der Waals surface area contributed by atoms with Gasteiger partial charge >= 0.3 is 0 Å². The molecule has 0 bridgehead atoms. The Morgan fingerprint density at radius 2 is 1.89 bits per heavy atom. The first-order chi connectivity index (χ1) is 12.9. The van der Waals surface area contributed by atoms with Gasteiger partial charge in [0.05, 0.1) is 35.2 Å². The standard InChI is InChI=1S/C16H18ClN7O2S/c1-3-27(25,26)23-14-7-5-4-6-13(14)21-15-12(17)9-18-16(22-15)20-11-8-19-24(2)10-11/h4-10,23H,3H2,1-2H3,(H2,18,20,21,22). The molecule has 0 aliphatic carbocycles. The highest BCUT2D eigenvalue weighted by atomic mass is 35.5. The molecule has 0 saturated heterocycles. The summed E-state index contributed by atoms with van der Waals surface area (Å²) in [6.45, 7) is 1.57. The summed E-state index contributed by atoms with van der Waals surface area (Å²) in [7, 11) is -1.62. The summed E-state index contributed by atoms with van der Waals surface area (Å²) in [4.78, 5) is 8.49. The predicted octanol–water partition coefficient (Wildman–Crippen LogP) is 3.11. The smallest absolute Gasteiger partial charge is 0.232 e. The second-order valence-corrected chi connectivity index (χ2v) is 8.01. The fourth-order valence-corrected chi connectivity index (χ4v) is 2.97. The van der Waals surface area contributed by atoms with E-state index in [1.54, 1.807) is 55.3 Å². The Hall–Kier alpha value is -2.85. The van der Waals surface area contributed by atoms with Gasteiger partial charge in [-0.2, -0.15) is 10.1 Å². The summed E-state index contributed by atoms with van der Waals surface area (Å²) >= 11 is 6.20. The van der Waals surface area contributed by atoms with Crippen LogP contribution in [0.1, 0.15) is 6.92 Å². The van der Waals surface area contributed by atoms with Gasteiger partial charge in [0.2, 0.25) is 16.0 Å². The van der Waals surface area contributed by atoms with Crippen LogP contribution in [0.15, 0.2) is 42.9 Å². The van der Waals surface area contributed by atoms with Gasteiger partial charge in [0, 0.05) is 13.2 Å². The van der Waals surface area contributed by atoms with Crippen molar-refractivity contribution in [2.45, 2.75) is 6.92 Å². The van der Waals surface area contributed by atoms with E-state index in [0.717, 1.165) is 5.69 Å². The minimum Gasteiger partial charge on any atom is -0.337 e. The number of aromatic nitrogens is 4. The molecular weight excluding hydrogens is 390 g/mol. The average Bonchev–Trinajstić information content (AvgIpc) is 3.04. The highest BCUT2D eigenvalue weighted by Gasteiger charge is 2.13. The lowest BCUT2D eigenvalue weighted by Gasteiger charge is -2.14. The third-order valence-electron chi connectivity index (χ3n) is 3.53. The van der Waals surface area contributed by atoms with Crippen molar-refractivity contribution in [1.29, 1.82) is 0 Å². The topological polar surface area (TPSA) is 114 Å². The molecule has 3 rings (SSSR count). The van der Waals surface area contributed by atoms with Crippen LogP contribution in [0.2, 0.25) is 5.02 Å². The Morgan fingerprint density at radius 1 is 1.15 bits per heavy atom. The van der Waals surface area contributed by atoms with Crippen molar-refractivity contribution in [1.82, 2.24) is 19.7 Å². The molecule has 0 radical (unpaired) electrons. The van der Waals surface area contributed by atoms with Crippen LogP contribution in [-0.2, 0) is 17.1 Å². The van der Waals surface area contributed by atoms with Crippen LogP contribution in [0.5, 0.6) is 0 Å². The number of rotatable bonds is 7. The third kappa shape index (κ3) is 4.86. The van der Waals surface area contributed by atoms with Crippen molar-refractivity contribution in [2.75, 3.05) is 21.1 Å². The highest BCUT2D eigenvalue weighted by molar-refractivity contribution is 7.92. The average molecular weight is 408 g/mol. The Kier molecular flexibility index (Phi) is 5.47. The molecule has 0 aliphatic rings. The van der Waals surface area contributed by atoms with E-state index in [1.165, 1.54) is 6.20 Å². The zero-order valence-electron chi connectivity index (χ0n) is 14.6. The van der Waals surface area contributed by atoms with E-state index in [0.29, 0.717) is 28.2 Å². The molecule has 2 heterocycles. The predicted molar refractivity (Wildman–Crippen MR) is 106 cm³/mol. The van der Waals surface area contributed by atoms with Gasteiger partial charge in [-0.1, -0.05) is 23.7 Å². The van der Waals surface area contributed by atoms with E-state index in [-0.39, 0.29) is 5.75 Å². The normalized spacial score (nSPS) is 11.2. The Bertz CT molecular complexity index is 1050. The lowest BCUT2D eigenvalue weighted by molar-refractivity contribution is 0.602. The number of hydrogen-bond donors (Lipinski definition) is 3. The maximum absolute atomic E-state index is 11.9. The van der Waals surface area contributed by atoms with Crippen molar-refractivity contribution in [3.8, 4) is 0 Å². The first kappa shape index (κ1) is 18.9. The van der Waals surface area contributed by atoms with E-state index in [2.05, 4.69) is 30.4 Å². The van der Waals surface area contributed by atoms with E-state index >= 15 is 0 Å². The van der Waals surface area contributed by atoms with Gasteiger partial charge in [0.15, 0.2) is 5.82 Å². The molecule has 0 fully saturated rings. The number of halogens is 1. The summed E-state index contributed by atoms with van der Waals surface area (Å²) in [6.07, 6.45) is 4.87. The number of nitrogens with zero attached hydrogens (tertiary/aromatic N) is 4. The van der Waals surface area contributed by atoms with Gasteiger partial charge in [-0.25, -0.2) is 13.4 Å². The van der Waals surface area contributed by atoms with Gasteiger partial charge < -0.3 is 10.6 Å². The number of anilines is 5. The Labute approximate surface area is 161 Å². The van der Waals surface area contributed by atoms with Crippen molar-refractivity contribution < 1.29 is 8.42 Å². The molecule has 0 spiro atoms. The van der Waals surface area contributed by atoms with Crippen LogP contribution >= 0.6 is 11.6 Å². The first-order valence-electron chi connectivity index (χ1n) is 8.01. The molecule has 1 aromatic carbocycles. The number of para-hydroxylation sites is 2. The number of sulfonamides is 1. The van der Waals surface area contributed by atoms with Crippen molar-refractivity contribution in [2.24, 2.45) is 7.05 Å². The zero-order valence-corrected chi connectivity index (χ0v) is 16.2. The molecule has 0 atom stereocenters. The van der Waals surface area contributed by atoms with Gasteiger partial charge in [0.25, 0.3) is 0 Å². The highest BCUT2D eigenvalue weighted by Crippen LogP contribution is 2.29. The van der Waals surface area contributed by atoms with Gasteiger partial charge in [-0.3, -0.25) is 9.40 Å². The minimum absolute atomic E-state index is 0.0330. The molecule has 0 aliphatic heterocycles. The van der Waals surface area contributed by atoms with Crippen LogP contribution in [0.25, 0.3) is 0 Å². The fourth-order valence-electron chi connectivity index (χ4n) is 2.18. The number of aryl methyl sites for hydroxylation is 1. The maximum atomic E-state index is 11.9. The summed E-state index contributed by atoms with van der Waals surface area (Å²) in [5, 5.41) is 10.4. The fraction of sp³-hybridized carbons (Fsp3) is 0.188. The summed E-state index contributed by atoms with van der Waals surface area (Å²) in [6, 6.07) is 6.88. The van der Waals surface area contributed by atoms with Crippen LogP contribution < -0.4 is 15.4 Å². The molecule has 3 N–H and O–H groups in total. The maximum Gasteiger partial charge on any atom is 0.232 e. The second-order valence-electron chi connectivity index (χ2n) is 5.59. The molecule has 3 aromatic rings. The third-order valence-corrected chi connectivity index (χ3v) is 5.10. The van der Waals surface area contributed by atoms with Crippen molar-refractivity contribution in [3.05, 3.63) is 47.9 Å². The summed E-state index contributed by atoms with van der Waals surface area (Å²) < 4.78 is 28.0. The molecule has 0 unspecified atom stereocenters. The van der Waals surface area contributed by atoms with E-state index in [9.17, 15) is 8.42 Å². The Balaban J connectivity index is 1.86. The van der Waals surface area contributed by atoms with E-state index in [4.69, 9.17) is 11.6 Å². The lowest BCUT2D eigenvalue weighted by atomic mass is 10.2. The van der Waals surface area contributed by atoms with Gasteiger partial charge in [0.1, 0.15) is 5.02 Å². The lowest BCUT2D eigenvalue weighted by Crippen LogP contribution is -2.15. The van der Waals surface area contributed by atoms with Crippen LogP contribution in [0.3, 0.4) is 0 Å². The molecule has 2 aromatic heterocycles. The largest absolute Gasteiger partial charge is 0.337 e. The molecule has 142 valence electrons. The summed E-state index contributed by atoms with van der Waals surface area (Å²) in [5.74, 6) is 0.622. The number of benzene rings is 1. The molecule has 11 heteroatoms. The molecule has 9 nitrogen and oxygen atoms in total. The van der Waals surface area contributed by atoms with E-state index < -0.39 is 10.0 Å². The van der Waals surface area contributed by atoms with E-state index in [1.807, 2.05) is 0 Å². The number of nitrogens with one attached hydrogen (secondary N) is 3. The van der Waals surface area contributed by atoms with Crippen molar-refractivity contribution >= 4 is 50.5 Å². The van der Waals surface area contributed by atoms with Gasteiger partial charge in [-0.05, 0) is 19.1 Å². The molecule has 0 saturated carbocycles. The molecule has 0 amide bonds. The molecule has 27 heavy (non-hydrogen) atoms. The monoisotopic (exact) mass is 407 g/mol. The van der Waals surface area contributed by atoms with Crippen LogP contribution in [0, 0.1) is 0 Å². The van der Waals surface area contributed by atoms with Gasteiger partial charge in [-0.15, -0.1) is 0 Å². The Morgan fingerprint density at radius 3 is 2.56 bits per heavy atom. The minimum atomic E-state index is -3.42.